The molecule has 98 valence electrons. The van der Waals surface area contributed by atoms with Gasteiger partial charge in [-0.1, -0.05) is 13.8 Å². The zero-order chi connectivity index (χ0) is 13.0. The lowest BCUT2D eigenvalue weighted by Crippen LogP contribution is -2.38. The van der Waals surface area contributed by atoms with Gasteiger partial charge in [0.25, 0.3) is 0 Å². The topological polar surface area (TPSA) is 74.6 Å². The summed E-state index contributed by atoms with van der Waals surface area (Å²) in [5.41, 5.74) is -0.692. The van der Waals surface area contributed by atoms with Crippen molar-refractivity contribution in [3.63, 3.8) is 0 Å². The first kappa shape index (κ1) is 15.9. The zero-order valence-electron chi connectivity index (χ0n) is 10.6. The quantitative estimate of drug-likeness (QED) is 0.703. The van der Waals surface area contributed by atoms with Gasteiger partial charge in [0.15, 0.2) is 9.84 Å². The lowest BCUT2D eigenvalue weighted by Gasteiger charge is -2.34. The second-order valence-corrected chi connectivity index (χ2v) is 7.68. The van der Waals surface area contributed by atoms with Crippen molar-refractivity contribution >= 4 is 9.84 Å². The molecule has 0 rings (SSSR count). The van der Waals surface area contributed by atoms with Crippen molar-refractivity contribution in [3.05, 3.63) is 0 Å². The molecule has 0 aromatic carbocycles. The fraction of sp³-hybridized carbons (Fsp3) is 1.00. The monoisotopic (exact) mass is 252 g/mol. The van der Waals surface area contributed by atoms with Crippen LogP contribution in [-0.2, 0) is 9.84 Å². The SMILES string of the molecule is CC(C)C(CO)(CO)CCS(=O)(=O)C(C)C. The van der Waals surface area contributed by atoms with E-state index in [9.17, 15) is 18.6 Å². The molecule has 0 bridgehead atoms. The van der Waals surface area contributed by atoms with E-state index in [-0.39, 0.29) is 24.9 Å². The van der Waals surface area contributed by atoms with Gasteiger partial charge in [0.05, 0.1) is 24.2 Å². The first-order valence-corrected chi connectivity index (χ1v) is 7.36. The summed E-state index contributed by atoms with van der Waals surface area (Å²) in [7, 11) is -3.11. The van der Waals surface area contributed by atoms with Gasteiger partial charge >= 0.3 is 0 Å². The summed E-state index contributed by atoms with van der Waals surface area (Å²) in [5, 5.41) is 18.2. The normalized spacial score (nSPS) is 13.8. The van der Waals surface area contributed by atoms with Crippen molar-refractivity contribution < 1.29 is 18.6 Å². The van der Waals surface area contributed by atoms with Crippen LogP contribution < -0.4 is 0 Å². The summed E-state index contributed by atoms with van der Waals surface area (Å²) >= 11 is 0. The highest BCUT2D eigenvalue weighted by molar-refractivity contribution is 7.91. The third-order valence-electron chi connectivity index (χ3n) is 3.46. The maximum Gasteiger partial charge on any atom is 0.152 e. The Balaban J connectivity index is 4.69. The zero-order valence-corrected chi connectivity index (χ0v) is 11.4. The average Bonchev–Trinajstić information content (AvgIpc) is 2.19. The summed E-state index contributed by atoms with van der Waals surface area (Å²) < 4.78 is 23.3. The highest BCUT2D eigenvalue weighted by Crippen LogP contribution is 2.31. The van der Waals surface area contributed by atoms with E-state index in [0.717, 1.165) is 0 Å². The maximum absolute atomic E-state index is 11.7. The summed E-state index contributed by atoms with van der Waals surface area (Å²) in [6, 6.07) is 0. The van der Waals surface area contributed by atoms with Crippen molar-refractivity contribution in [2.75, 3.05) is 19.0 Å². The molecule has 0 aliphatic carbocycles. The van der Waals surface area contributed by atoms with Crippen LogP contribution in [0.1, 0.15) is 34.1 Å². The first-order valence-electron chi connectivity index (χ1n) is 5.65. The van der Waals surface area contributed by atoms with Crippen molar-refractivity contribution in [3.8, 4) is 0 Å². The van der Waals surface area contributed by atoms with E-state index in [2.05, 4.69) is 0 Å². The molecule has 0 radical (unpaired) electrons. The highest BCUT2D eigenvalue weighted by Gasteiger charge is 2.34. The fourth-order valence-corrected chi connectivity index (χ4v) is 2.61. The first-order chi connectivity index (χ1) is 7.22. The van der Waals surface area contributed by atoms with Crippen LogP contribution in [-0.4, -0.2) is 42.8 Å². The molecular formula is C11H24O4S. The molecule has 0 aromatic heterocycles. The summed E-state index contributed by atoms with van der Waals surface area (Å²) in [6.45, 7) is 6.68. The van der Waals surface area contributed by atoms with Crippen LogP contribution >= 0.6 is 0 Å². The van der Waals surface area contributed by atoms with Gasteiger partial charge < -0.3 is 10.2 Å². The number of hydrogen-bond donors (Lipinski definition) is 2. The minimum Gasteiger partial charge on any atom is -0.396 e. The Morgan fingerprint density at radius 2 is 1.50 bits per heavy atom. The van der Waals surface area contributed by atoms with Gasteiger partial charge in [-0.3, -0.25) is 0 Å². The lowest BCUT2D eigenvalue weighted by molar-refractivity contribution is 0.0136. The third-order valence-corrected chi connectivity index (χ3v) is 5.67. The van der Waals surface area contributed by atoms with Crippen molar-refractivity contribution in [2.24, 2.45) is 11.3 Å². The van der Waals surface area contributed by atoms with E-state index < -0.39 is 20.5 Å². The maximum atomic E-state index is 11.7. The predicted molar refractivity (Wildman–Crippen MR) is 65.0 cm³/mol. The molecule has 2 N–H and O–H groups in total. The van der Waals surface area contributed by atoms with Gasteiger partial charge in [0.1, 0.15) is 0 Å². The van der Waals surface area contributed by atoms with Gasteiger partial charge in [-0.15, -0.1) is 0 Å². The Kier molecular flexibility index (Phi) is 5.93. The van der Waals surface area contributed by atoms with Crippen molar-refractivity contribution in [2.45, 2.75) is 39.4 Å². The molecule has 0 heterocycles. The largest absolute Gasteiger partial charge is 0.396 e. The summed E-state index contributed by atoms with van der Waals surface area (Å²) in [4.78, 5) is 0. The Morgan fingerprint density at radius 3 is 1.75 bits per heavy atom. The van der Waals surface area contributed by atoms with Gasteiger partial charge in [-0.2, -0.15) is 0 Å². The van der Waals surface area contributed by atoms with Crippen LogP contribution in [0.2, 0.25) is 0 Å². The van der Waals surface area contributed by atoms with Crippen LogP contribution in [0.5, 0.6) is 0 Å². The Labute approximate surface area is 98.6 Å². The molecule has 0 fully saturated rings. The molecule has 0 spiro atoms. The van der Waals surface area contributed by atoms with E-state index in [4.69, 9.17) is 0 Å². The Morgan fingerprint density at radius 1 is 1.06 bits per heavy atom. The molecule has 0 amide bonds. The van der Waals surface area contributed by atoms with Crippen LogP contribution in [0.4, 0.5) is 0 Å². The molecule has 0 atom stereocenters. The van der Waals surface area contributed by atoms with Crippen LogP contribution in [0.3, 0.4) is 0 Å². The molecule has 0 saturated heterocycles. The van der Waals surface area contributed by atoms with Crippen molar-refractivity contribution in [1.29, 1.82) is 0 Å². The predicted octanol–water partition coefficient (Wildman–Crippen LogP) is 0.827. The molecule has 0 saturated carbocycles. The van der Waals surface area contributed by atoms with Crippen molar-refractivity contribution in [1.82, 2.24) is 0 Å². The molecule has 0 aromatic rings. The van der Waals surface area contributed by atoms with Gasteiger partial charge in [0, 0.05) is 5.41 Å². The second-order valence-electron chi connectivity index (χ2n) is 5.00. The highest BCUT2D eigenvalue weighted by atomic mass is 32.2. The van der Waals surface area contributed by atoms with E-state index in [0.29, 0.717) is 6.42 Å². The number of rotatable bonds is 7. The van der Waals surface area contributed by atoms with Gasteiger partial charge in [0.2, 0.25) is 0 Å². The van der Waals surface area contributed by atoms with E-state index in [1.54, 1.807) is 13.8 Å². The minimum absolute atomic E-state index is 0.0178. The van der Waals surface area contributed by atoms with Crippen LogP contribution in [0, 0.1) is 11.3 Å². The summed E-state index contributed by atoms with van der Waals surface area (Å²) in [5.74, 6) is 0.0640. The molecule has 0 aliphatic heterocycles. The number of aliphatic hydroxyl groups excluding tert-OH is 2. The van der Waals surface area contributed by atoms with E-state index in [1.165, 1.54) is 0 Å². The van der Waals surface area contributed by atoms with E-state index >= 15 is 0 Å². The molecule has 0 unspecified atom stereocenters. The fourth-order valence-electron chi connectivity index (χ4n) is 1.44. The Hall–Kier alpha value is -0.130. The van der Waals surface area contributed by atoms with Gasteiger partial charge in [-0.25, -0.2) is 8.42 Å². The van der Waals surface area contributed by atoms with Crippen LogP contribution in [0.25, 0.3) is 0 Å². The molecule has 4 nitrogen and oxygen atoms in total. The third kappa shape index (κ3) is 3.71. The standard InChI is InChI=1S/C11H24O4S/c1-9(2)11(7-12,8-13)5-6-16(14,15)10(3)4/h9-10,12-13H,5-8H2,1-4H3. The molecule has 0 aliphatic rings. The molecule has 5 heteroatoms. The minimum atomic E-state index is -3.11. The average molecular weight is 252 g/mol. The molecular weight excluding hydrogens is 228 g/mol. The number of sulfone groups is 1. The number of hydrogen-bond acceptors (Lipinski definition) is 4. The number of aliphatic hydroxyl groups is 2. The molecule has 16 heavy (non-hydrogen) atoms. The Bertz CT molecular complexity index is 289. The summed E-state index contributed by atoms with van der Waals surface area (Å²) in [6.07, 6.45) is 0.304. The van der Waals surface area contributed by atoms with E-state index in [1.807, 2.05) is 13.8 Å². The smallest absolute Gasteiger partial charge is 0.152 e. The lowest BCUT2D eigenvalue weighted by atomic mass is 9.76. The van der Waals surface area contributed by atoms with Crippen LogP contribution in [0.15, 0.2) is 0 Å². The van der Waals surface area contributed by atoms with Gasteiger partial charge in [-0.05, 0) is 26.2 Å². The second kappa shape index (κ2) is 5.98.